The van der Waals surface area contributed by atoms with Gasteiger partial charge in [0.2, 0.25) is 0 Å². The lowest BCUT2D eigenvalue weighted by Gasteiger charge is -2.18. The number of benzene rings is 1. The van der Waals surface area contributed by atoms with Crippen molar-refractivity contribution in [3.8, 4) is 0 Å². The van der Waals surface area contributed by atoms with E-state index in [-0.39, 0.29) is 5.56 Å². The first kappa shape index (κ1) is 13.4. The number of hydrogen-bond donors (Lipinski definition) is 1. The third-order valence-corrected chi connectivity index (χ3v) is 4.59. The summed E-state index contributed by atoms with van der Waals surface area (Å²) in [4.78, 5) is 22.3. The van der Waals surface area contributed by atoms with Gasteiger partial charge in [-0.1, -0.05) is 6.92 Å². The predicted octanol–water partition coefficient (Wildman–Crippen LogP) is 2.65. The van der Waals surface area contributed by atoms with E-state index in [9.17, 15) is 4.79 Å². The van der Waals surface area contributed by atoms with Crippen LogP contribution in [0.3, 0.4) is 0 Å². The van der Waals surface area contributed by atoms with Crippen molar-refractivity contribution < 1.29 is 0 Å². The van der Waals surface area contributed by atoms with Gasteiger partial charge in [-0.25, -0.2) is 4.98 Å². The second-order valence-electron chi connectivity index (χ2n) is 6.00. The van der Waals surface area contributed by atoms with E-state index in [0.29, 0.717) is 5.52 Å². The molecule has 0 atom stereocenters. The number of nitrogens with zero attached hydrogens (tertiary/aromatic N) is 3. The maximum atomic E-state index is 12.4. The number of fused-ring (bicyclic) bond motifs is 3. The van der Waals surface area contributed by atoms with Crippen molar-refractivity contribution in [2.45, 2.75) is 33.1 Å². The van der Waals surface area contributed by atoms with Crippen molar-refractivity contribution in [1.29, 1.82) is 0 Å². The van der Waals surface area contributed by atoms with E-state index < -0.39 is 0 Å². The SMILES string of the molecule is CCc1nc(C)c2c(=O)[nH]c3ccc(N4CCCC4)cc3n12. The molecule has 114 valence electrons. The van der Waals surface area contributed by atoms with Gasteiger partial charge in [0.15, 0.2) is 0 Å². The van der Waals surface area contributed by atoms with E-state index in [1.54, 1.807) is 0 Å². The molecule has 1 aliphatic rings. The van der Waals surface area contributed by atoms with Crippen LogP contribution in [0.4, 0.5) is 5.69 Å². The van der Waals surface area contributed by atoms with E-state index in [1.165, 1.54) is 18.5 Å². The highest BCUT2D eigenvalue weighted by atomic mass is 16.1. The second kappa shape index (κ2) is 4.87. The van der Waals surface area contributed by atoms with Crippen LogP contribution in [-0.4, -0.2) is 27.5 Å². The fraction of sp³-hybridized carbons (Fsp3) is 0.412. The Kier molecular flexibility index (Phi) is 2.96. The van der Waals surface area contributed by atoms with Gasteiger partial charge in [-0.3, -0.25) is 9.20 Å². The molecule has 4 rings (SSSR count). The molecule has 0 spiro atoms. The Labute approximate surface area is 128 Å². The molecule has 3 heterocycles. The van der Waals surface area contributed by atoms with Gasteiger partial charge in [-0.15, -0.1) is 0 Å². The van der Waals surface area contributed by atoms with Crippen LogP contribution in [-0.2, 0) is 6.42 Å². The summed E-state index contributed by atoms with van der Waals surface area (Å²) in [6.07, 6.45) is 3.31. The molecule has 0 bridgehead atoms. The van der Waals surface area contributed by atoms with E-state index in [0.717, 1.165) is 42.1 Å². The second-order valence-corrected chi connectivity index (χ2v) is 6.00. The summed E-state index contributed by atoms with van der Waals surface area (Å²) in [6, 6.07) is 6.30. The van der Waals surface area contributed by atoms with Crippen molar-refractivity contribution >= 4 is 22.2 Å². The van der Waals surface area contributed by atoms with E-state index in [2.05, 4.69) is 33.9 Å². The van der Waals surface area contributed by atoms with Crippen molar-refractivity contribution in [1.82, 2.24) is 14.4 Å². The minimum atomic E-state index is -0.0638. The summed E-state index contributed by atoms with van der Waals surface area (Å²) < 4.78 is 2.03. The first-order valence-electron chi connectivity index (χ1n) is 7.98. The van der Waals surface area contributed by atoms with Crippen LogP contribution in [0.5, 0.6) is 0 Å². The molecule has 22 heavy (non-hydrogen) atoms. The summed E-state index contributed by atoms with van der Waals surface area (Å²) >= 11 is 0. The van der Waals surface area contributed by atoms with Gasteiger partial charge in [0.05, 0.1) is 16.7 Å². The topological polar surface area (TPSA) is 53.4 Å². The Morgan fingerprint density at radius 2 is 2.05 bits per heavy atom. The van der Waals surface area contributed by atoms with Crippen LogP contribution < -0.4 is 10.5 Å². The largest absolute Gasteiger partial charge is 0.371 e. The predicted molar refractivity (Wildman–Crippen MR) is 88.9 cm³/mol. The monoisotopic (exact) mass is 296 g/mol. The molecule has 1 aromatic carbocycles. The van der Waals surface area contributed by atoms with Gasteiger partial charge >= 0.3 is 0 Å². The first-order valence-corrected chi connectivity index (χ1v) is 7.98. The highest BCUT2D eigenvalue weighted by Crippen LogP contribution is 2.25. The van der Waals surface area contributed by atoms with Crippen LogP contribution in [0.2, 0.25) is 0 Å². The van der Waals surface area contributed by atoms with Crippen LogP contribution in [0, 0.1) is 6.92 Å². The summed E-state index contributed by atoms with van der Waals surface area (Å²) in [5.41, 5.74) is 4.54. The minimum absolute atomic E-state index is 0.0638. The van der Waals surface area contributed by atoms with Gasteiger partial charge in [-0.2, -0.15) is 0 Å². The number of aryl methyl sites for hydroxylation is 2. The number of aromatic amines is 1. The molecule has 3 aromatic rings. The normalized spacial score (nSPS) is 15.3. The zero-order valence-corrected chi connectivity index (χ0v) is 13.0. The molecular formula is C17H20N4O. The third kappa shape index (κ3) is 1.85. The van der Waals surface area contributed by atoms with Gasteiger partial charge in [0.1, 0.15) is 11.3 Å². The molecule has 1 fully saturated rings. The Morgan fingerprint density at radius 3 is 2.77 bits per heavy atom. The Morgan fingerprint density at radius 1 is 1.27 bits per heavy atom. The molecule has 1 saturated heterocycles. The Bertz CT molecular complexity index is 916. The van der Waals surface area contributed by atoms with Crippen molar-refractivity contribution in [3.05, 3.63) is 40.1 Å². The lowest BCUT2D eigenvalue weighted by atomic mass is 10.2. The third-order valence-electron chi connectivity index (χ3n) is 4.59. The summed E-state index contributed by atoms with van der Waals surface area (Å²) in [6.45, 7) is 6.20. The molecule has 5 heteroatoms. The van der Waals surface area contributed by atoms with Crippen molar-refractivity contribution in [2.75, 3.05) is 18.0 Å². The molecule has 1 N–H and O–H groups in total. The average molecular weight is 296 g/mol. The van der Waals surface area contributed by atoms with Gasteiger partial charge in [-0.05, 0) is 38.0 Å². The number of imidazole rings is 1. The highest BCUT2D eigenvalue weighted by molar-refractivity contribution is 5.82. The van der Waals surface area contributed by atoms with Gasteiger partial charge in [0.25, 0.3) is 5.56 Å². The number of anilines is 1. The number of aromatic nitrogens is 3. The maximum Gasteiger partial charge on any atom is 0.274 e. The molecule has 0 amide bonds. The first-order chi connectivity index (χ1) is 10.7. The van der Waals surface area contributed by atoms with E-state index >= 15 is 0 Å². The number of rotatable bonds is 2. The Balaban J connectivity index is 2.07. The fourth-order valence-corrected chi connectivity index (χ4v) is 3.51. The van der Waals surface area contributed by atoms with Gasteiger partial charge in [0, 0.05) is 25.2 Å². The highest BCUT2D eigenvalue weighted by Gasteiger charge is 2.16. The molecule has 0 aliphatic carbocycles. The quantitative estimate of drug-likeness (QED) is 0.791. The summed E-state index contributed by atoms with van der Waals surface area (Å²) in [5.74, 6) is 0.946. The van der Waals surface area contributed by atoms with Gasteiger partial charge < -0.3 is 9.88 Å². The smallest absolute Gasteiger partial charge is 0.274 e. The van der Waals surface area contributed by atoms with Crippen LogP contribution in [0.1, 0.15) is 31.3 Å². The zero-order valence-electron chi connectivity index (χ0n) is 13.0. The standard InChI is InChI=1S/C17H20N4O/c1-3-15-18-11(2)16-17(22)19-13-7-6-12(10-14(13)21(15)16)20-8-4-5-9-20/h6-7,10H,3-5,8-9H2,1-2H3,(H,19,22). The van der Waals surface area contributed by atoms with Crippen LogP contribution in [0.15, 0.2) is 23.0 Å². The number of hydrogen-bond acceptors (Lipinski definition) is 3. The van der Waals surface area contributed by atoms with E-state index in [1.807, 2.05) is 17.4 Å². The molecule has 0 saturated carbocycles. The number of H-pyrrole nitrogens is 1. The van der Waals surface area contributed by atoms with Crippen LogP contribution in [0.25, 0.3) is 16.6 Å². The molecule has 0 unspecified atom stereocenters. The minimum Gasteiger partial charge on any atom is -0.371 e. The number of nitrogens with one attached hydrogen (secondary N) is 1. The molecule has 2 aromatic heterocycles. The molecule has 5 nitrogen and oxygen atoms in total. The summed E-state index contributed by atoms with van der Waals surface area (Å²) in [5, 5.41) is 0. The average Bonchev–Trinajstić information content (AvgIpc) is 3.15. The maximum absolute atomic E-state index is 12.4. The molecule has 1 aliphatic heterocycles. The molecular weight excluding hydrogens is 276 g/mol. The lowest BCUT2D eigenvalue weighted by molar-refractivity contribution is 0.939. The lowest BCUT2D eigenvalue weighted by Crippen LogP contribution is -2.18. The van der Waals surface area contributed by atoms with Crippen molar-refractivity contribution in [2.24, 2.45) is 0 Å². The zero-order chi connectivity index (χ0) is 15.3. The Hall–Kier alpha value is -2.30. The summed E-state index contributed by atoms with van der Waals surface area (Å²) in [7, 11) is 0. The fourth-order valence-electron chi connectivity index (χ4n) is 3.51. The van der Waals surface area contributed by atoms with Crippen LogP contribution >= 0.6 is 0 Å². The van der Waals surface area contributed by atoms with E-state index in [4.69, 9.17) is 0 Å². The van der Waals surface area contributed by atoms with Crippen molar-refractivity contribution in [3.63, 3.8) is 0 Å². The molecule has 0 radical (unpaired) electrons.